The van der Waals surface area contributed by atoms with Gasteiger partial charge in [0.05, 0.1) is 32.6 Å². The molecule has 0 fully saturated rings. The first-order valence-electron chi connectivity index (χ1n) is 14.2. The maximum Gasteiger partial charge on any atom is 0.262 e. The van der Waals surface area contributed by atoms with E-state index in [9.17, 15) is 0 Å². The van der Waals surface area contributed by atoms with Gasteiger partial charge >= 0.3 is 0 Å². The zero-order valence-corrected chi connectivity index (χ0v) is 25.0. The van der Waals surface area contributed by atoms with Crippen molar-refractivity contribution in [1.29, 1.82) is 0 Å². The minimum atomic E-state index is 0.0119. The van der Waals surface area contributed by atoms with Gasteiger partial charge in [-0.2, -0.15) is 4.57 Å². The second kappa shape index (κ2) is 12.3. The van der Waals surface area contributed by atoms with Gasteiger partial charge in [0.2, 0.25) is 5.52 Å². The summed E-state index contributed by atoms with van der Waals surface area (Å²) in [6.07, 6.45) is 16.4. The fourth-order valence-corrected chi connectivity index (χ4v) is 7.00. The summed E-state index contributed by atoms with van der Waals surface area (Å²) in [5, 5.41) is 1.32. The Kier molecular flexibility index (Phi) is 9.07. The number of allylic oxidation sites excluding steroid dienone is 7. The third-order valence-corrected chi connectivity index (χ3v) is 9.67. The maximum absolute atomic E-state index is 2.51. The van der Waals surface area contributed by atoms with Crippen LogP contribution in [0.4, 0.5) is 5.69 Å². The molecule has 0 aliphatic carbocycles. The third-order valence-electron chi connectivity index (χ3n) is 8.54. The molecule has 3 aromatic rings. The van der Waals surface area contributed by atoms with Gasteiger partial charge in [-0.15, -0.1) is 0 Å². The summed E-state index contributed by atoms with van der Waals surface area (Å²) in [7, 11) is 2.16. The molecule has 4 rings (SSSR count). The number of thiazole rings is 1. The van der Waals surface area contributed by atoms with E-state index in [2.05, 4.69) is 142 Å². The molecule has 0 saturated carbocycles. The van der Waals surface area contributed by atoms with Crippen molar-refractivity contribution in [2.24, 2.45) is 0 Å². The van der Waals surface area contributed by atoms with Crippen molar-refractivity contribution in [3.05, 3.63) is 101 Å². The van der Waals surface area contributed by atoms with Gasteiger partial charge in [0, 0.05) is 36.0 Å². The van der Waals surface area contributed by atoms with Crippen LogP contribution >= 0.6 is 11.3 Å². The first kappa shape index (κ1) is 28.1. The Labute approximate surface area is 234 Å². The molecule has 2 aromatic carbocycles. The Morgan fingerprint density at radius 2 is 1.53 bits per heavy atom. The lowest BCUT2D eigenvalue weighted by Gasteiger charge is -2.35. The van der Waals surface area contributed by atoms with Crippen molar-refractivity contribution < 1.29 is 9.05 Å². The molecular weight excluding hydrogens is 482 g/mol. The number of benzene rings is 2. The number of anilines is 1. The standard InChI is InChI=1S/C34H45N3S/c1-7-37(8-2,9-3)27-19-26-36-30-22-17-18-23-31(30)38-33(36)25-14-12-10-11-13-24-32-34(4,5)28-20-15-16-21-29(28)35(32)6/h10-18,20-25H,7-9,19,26-27H2,1-6H3/q+2. The molecule has 38 heavy (non-hydrogen) atoms. The summed E-state index contributed by atoms with van der Waals surface area (Å²) in [6, 6.07) is 17.5. The number of rotatable bonds is 11. The second-order valence-electron chi connectivity index (χ2n) is 10.8. The minimum Gasteiger partial charge on any atom is -0.347 e. The molecule has 0 bridgehead atoms. The number of hydrogen-bond acceptors (Lipinski definition) is 2. The quantitative estimate of drug-likeness (QED) is 0.140. The molecule has 3 nitrogen and oxygen atoms in total. The topological polar surface area (TPSA) is 7.12 Å². The molecule has 0 atom stereocenters. The molecule has 1 aliphatic rings. The predicted octanol–water partition coefficient (Wildman–Crippen LogP) is 7.89. The minimum absolute atomic E-state index is 0.0119. The van der Waals surface area contributed by atoms with Crippen molar-refractivity contribution in [1.82, 2.24) is 0 Å². The fourth-order valence-electron chi connectivity index (χ4n) is 5.90. The summed E-state index contributed by atoms with van der Waals surface area (Å²) in [4.78, 5) is 2.31. The van der Waals surface area contributed by atoms with Gasteiger partial charge in [-0.25, -0.2) is 0 Å². The largest absolute Gasteiger partial charge is 0.347 e. The summed E-state index contributed by atoms with van der Waals surface area (Å²) in [5.74, 6) is 0. The van der Waals surface area contributed by atoms with Crippen LogP contribution in [0, 0.1) is 0 Å². The number of fused-ring (bicyclic) bond motifs is 2. The Morgan fingerprint density at radius 1 is 0.868 bits per heavy atom. The highest BCUT2D eigenvalue weighted by atomic mass is 32.1. The molecule has 1 aromatic heterocycles. The van der Waals surface area contributed by atoms with Gasteiger partial charge in [-0.3, -0.25) is 0 Å². The number of likely N-dealkylation sites (N-methyl/N-ethyl adjacent to an activating group) is 1. The molecule has 0 N–H and O–H groups in total. The lowest BCUT2D eigenvalue weighted by molar-refractivity contribution is -0.925. The molecule has 1 aliphatic heterocycles. The highest BCUT2D eigenvalue weighted by Gasteiger charge is 2.37. The van der Waals surface area contributed by atoms with Gasteiger partial charge in [0.15, 0.2) is 6.54 Å². The number of quaternary nitrogens is 1. The van der Waals surface area contributed by atoms with E-state index < -0.39 is 0 Å². The second-order valence-corrected chi connectivity index (χ2v) is 11.9. The van der Waals surface area contributed by atoms with E-state index in [0.717, 1.165) is 6.54 Å². The van der Waals surface area contributed by atoms with Crippen LogP contribution in [0.2, 0.25) is 0 Å². The third kappa shape index (κ3) is 5.72. The number of aryl methyl sites for hydroxylation is 1. The molecule has 200 valence electrons. The Balaban J connectivity index is 1.44. The van der Waals surface area contributed by atoms with Crippen LogP contribution in [-0.4, -0.2) is 37.7 Å². The zero-order chi connectivity index (χ0) is 27.2. The van der Waals surface area contributed by atoms with Crippen LogP contribution in [0.5, 0.6) is 0 Å². The molecule has 4 heteroatoms. The molecule has 0 spiro atoms. The Hall–Kier alpha value is -2.95. The number of hydrogen-bond donors (Lipinski definition) is 0. The summed E-state index contributed by atoms with van der Waals surface area (Å²) >= 11 is 1.88. The van der Waals surface area contributed by atoms with Gasteiger partial charge in [0.25, 0.3) is 5.01 Å². The predicted molar refractivity (Wildman–Crippen MR) is 167 cm³/mol. The van der Waals surface area contributed by atoms with Crippen molar-refractivity contribution in [3.63, 3.8) is 0 Å². The molecule has 2 heterocycles. The lowest BCUT2D eigenvalue weighted by Crippen LogP contribution is -2.49. The summed E-state index contributed by atoms with van der Waals surface area (Å²) in [5.41, 5.74) is 5.37. The van der Waals surface area contributed by atoms with E-state index in [1.807, 2.05) is 11.3 Å². The van der Waals surface area contributed by atoms with E-state index in [1.54, 1.807) is 0 Å². The van der Waals surface area contributed by atoms with Gasteiger partial charge in [-0.1, -0.05) is 85.9 Å². The van der Waals surface area contributed by atoms with E-state index in [0.29, 0.717) is 0 Å². The maximum atomic E-state index is 2.51. The van der Waals surface area contributed by atoms with E-state index >= 15 is 0 Å². The Bertz CT molecular complexity index is 1340. The Morgan fingerprint density at radius 3 is 2.26 bits per heavy atom. The highest BCUT2D eigenvalue weighted by molar-refractivity contribution is 7.18. The van der Waals surface area contributed by atoms with Gasteiger partial charge < -0.3 is 9.38 Å². The van der Waals surface area contributed by atoms with Gasteiger partial charge in [-0.05, 0) is 44.5 Å². The van der Waals surface area contributed by atoms with E-state index in [1.165, 1.54) is 69.3 Å². The van der Waals surface area contributed by atoms with Crippen LogP contribution in [-0.2, 0) is 12.0 Å². The van der Waals surface area contributed by atoms with Crippen LogP contribution in [0.1, 0.15) is 51.6 Å². The lowest BCUT2D eigenvalue weighted by atomic mass is 9.84. The number of nitrogens with zero attached hydrogens (tertiary/aromatic N) is 3. The molecular formula is C34H45N3S+2. The summed E-state index contributed by atoms with van der Waals surface area (Å²) < 4.78 is 5.07. The van der Waals surface area contributed by atoms with Crippen LogP contribution in [0.3, 0.4) is 0 Å². The van der Waals surface area contributed by atoms with E-state index in [-0.39, 0.29) is 5.41 Å². The van der Waals surface area contributed by atoms with Crippen LogP contribution in [0.15, 0.2) is 90.7 Å². The first-order valence-corrected chi connectivity index (χ1v) is 15.0. The fraction of sp³-hybridized carbons (Fsp3) is 0.382. The molecule has 0 amide bonds. The first-order chi connectivity index (χ1) is 18.4. The highest BCUT2D eigenvalue weighted by Crippen LogP contribution is 2.46. The SMILES string of the molecule is CC[N+](CC)(CC)CCC[n+]1c(/C=C/C=C/C=C/C=C2\N(C)c3ccccc3C2(C)C)sc2ccccc21. The monoisotopic (exact) mass is 527 g/mol. The van der Waals surface area contributed by atoms with Crippen LogP contribution in [0.25, 0.3) is 16.3 Å². The zero-order valence-electron chi connectivity index (χ0n) is 24.2. The smallest absolute Gasteiger partial charge is 0.262 e. The van der Waals surface area contributed by atoms with Crippen molar-refractivity contribution >= 4 is 33.3 Å². The number of aromatic nitrogens is 1. The van der Waals surface area contributed by atoms with Crippen molar-refractivity contribution in [2.75, 3.05) is 38.1 Å². The molecule has 0 unspecified atom stereocenters. The van der Waals surface area contributed by atoms with Gasteiger partial charge in [0.1, 0.15) is 4.70 Å². The van der Waals surface area contributed by atoms with Crippen molar-refractivity contribution in [2.45, 2.75) is 53.0 Å². The molecule has 0 saturated heterocycles. The number of para-hydroxylation sites is 2. The molecule has 0 radical (unpaired) electrons. The summed E-state index contributed by atoms with van der Waals surface area (Å²) in [6.45, 7) is 17.5. The normalized spacial score (nSPS) is 16.7. The van der Waals surface area contributed by atoms with Crippen molar-refractivity contribution in [3.8, 4) is 0 Å². The van der Waals surface area contributed by atoms with Crippen LogP contribution < -0.4 is 9.47 Å². The van der Waals surface area contributed by atoms with E-state index in [4.69, 9.17) is 0 Å². The average molecular weight is 528 g/mol. The average Bonchev–Trinajstić information content (AvgIpc) is 3.38.